The third kappa shape index (κ3) is 3.52. The van der Waals surface area contributed by atoms with Crippen LogP contribution in [0.25, 0.3) is 21.9 Å². The van der Waals surface area contributed by atoms with E-state index in [9.17, 15) is 4.79 Å². The number of likely N-dealkylation sites (N-methyl/N-ethyl adjacent to an activating group) is 1. The molecular weight excluding hydrogens is 364 g/mol. The van der Waals surface area contributed by atoms with Gasteiger partial charge in [-0.05, 0) is 55.4 Å². The van der Waals surface area contributed by atoms with E-state index in [1.54, 1.807) is 12.4 Å². The number of hydrogen-bond donors (Lipinski definition) is 2. The molecule has 2 N–H and O–H groups in total. The molecule has 0 radical (unpaired) electrons. The van der Waals surface area contributed by atoms with Gasteiger partial charge in [-0.25, -0.2) is 4.98 Å². The number of likely N-dealkylation sites (tertiary alicyclic amines) is 1. The third-order valence-electron chi connectivity index (χ3n) is 6.39. The Balaban J connectivity index is 1.22. The molecule has 150 valence electrons. The number of nitrogens with zero attached hydrogens (tertiary/aromatic N) is 4. The van der Waals surface area contributed by atoms with Crippen LogP contribution in [-0.2, 0) is 4.79 Å². The Labute approximate surface area is 170 Å². The second-order valence-corrected chi connectivity index (χ2v) is 8.82. The van der Waals surface area contributed by atoms with E-state index in [2.05, 4.69) is 43.4 Å². The molecule has 5 rings (SSSR count). The van der Waals surface area contributed by atoms with Gasteiger partial charge in [0.1, 0.15) is 5.82 Å². The van der Waals surface area contributed by atoms with E-state index in [1.807, 2.05) is 31.4 Å². The minimum Gasteiger partial charge on any atom is -0.310 e. The molecule has 1 amide bonds. The first-order valence-electron chi connectivity index (χ1n) is 10.1. The summed E-state index contributed by atoms with van der Waals surface area (Å²) >= 11 is 0. The number of rotatable bonds is 5. The molecule has 2 aliphatic rings. The number of fused-ring (bicyclic) bond motifs is 1. The lowest BCUT2D eigenvalue weighted by Crippen LogP contribution is -2.65. The predicted octanol–water partition coefficient (Wildman–Crippen LogP) is 2.59. The van der Waals surface area contributed by atoms with Crippen LogP contribution in [0, 0.1) is 5.41 Å². The maximum Gasteiger partial charge on any atom is 0.239 e. The predicted molar refractivity (Wildman–Crippen MR) is 114 cm³/mol. The lowest BCUT2D eigenvalue weighted by molar-refractivity contribution is -0.122. The Bertz CT molecular complexity index is 1030. The van der Waals surface area contributed by atoms with Gasteiger partial charge in [0, 0.05) is 42.5 Å². The normalized spacial score (nSPS) is 18.7. The summed E-state index contributed by atoms with van der Waals surface area (Å²) < 4.78 is 0. The molecule has 7 heteroatoms. The number of aromatic amines is 1. The molecule has 3 heterocycles. The third-order valence-corrected chi connectivity index (χ3v) is 6.39. The summed E-state index contributed by atoms with van der Waals surface area (Å²) in [5.74, 6) is 0.572. The molecule has 2 aromatic heterocycles. The average Bonchev–Trinajstić information content (AvgIpc) is 3.17. The van der Waals surface area contributed by atoms with Gasteiger partial charge in [0.15, 0.2) is 0 Å². The van der Waals surface area contributed by atoms with Crippen molar-refractivity contribution in [3.8, 4) is 11.1 Å². The quantitative estimate of drug-likeness (QED) is 0.700. The number of carbonyl (C=O) groups is 1. The Morgan fingerprint density at radius 1 is 1.24 bits per heavy atom. The van der Waals surface area contributed by atoms with Crippen LogP contribution in [0.1, 0.15) is 12.8 Å². The molecule has 1 aliphatic heterocycles. The van der Waals surface area contributed by atoms with Gasteiger partial charge in [0.05, 0.1) is 12.7 Å². The van der Waals surface area contributed by atoms with E-state index in [4.69, 9.17) is 0 Å². The highest BCUT2D eigenvalue weighted by atomic mass is 16.2. The van der Waals surface area contributed by atoms with Gasteiger partial charge in [-0.15, -0.1) is 0 Å². The van der Waals surface area contributed by atoms with E-state index in [1.165, 1.54) is 25.9 Å². The highest BCUT2D eigenvalue weighted by Crippen LogP contribution is 2.49. The van der Waals surface area contributed by atoms with Crippen LogP contribution in [0.4, 0.5) is 5.82 Å². The van der Waals surface area contributed by atoms with Crippen LogP contribution < -0.4 is 5.32 Å². The van der Waals surface area contributed by atoms with E-state index in [0.29, 0.717) is 23.8 Å². The number of pyridine rings is 1. The Hall–Kier alpha value is -2.77. The van der Waals surface area contributed by atoms with Crippen molar-refractivity contribution < 1.29 is 4.79 Å². The Morgan fingerprint density at radius 2 is 2.07 bits per heavy atom. The van der Waals surface area contributed by atoms with Crippen LogP contribution in [-0.4, -0.2) is 70.7 Å². The van der Waals surface area contributed by atoms with Crippen molar-refractivity contribution in [3.05, 3.63) is 42.9 Å². The summed E-state index contributed by atoms with van der Waals surface area (Å²) in [7, 11) is 4.22. The highest BCUT2D eigenvalue weighted by molar-refractivity contribution is 5.94. The number of carbonyl (C=O) groups excluding carboxylic acids is 1. The monoisotopic (exact) mass is 390 g/mol. The van der Waals surface area contributed by atoms with Crippen molar-refractivity contribution in [2.75, 3.05) is 39.0 Å². The fourth-order valence-corrected chi connectivity index (χ4v) is 4.94. The zero-order valence-electron chi connectivity index (χ0n) is 16.9. The van der Waals surface area contributed by atoms with Gasteiger partial charge in [0.25, 0.3) is 0 Å². The topological polar surface area (TPSA) is 77.1 Å². The molecule has 1 saturated carbocycles. The molecule has 1 aromatic carbocycles. The van der Waals surface area contributed by atoms with Gasteiger partial charge < -0.3 is 10.2 Å². The fraction of sp³-hybridized carbons (Fsp3) is 0.409. The minimum absolute atomic E-state index is 0.0167. The first kappa shape index (κ1) is 18.3. The fourth-order valence-electron chi connectivity index (χ4n) is 4.94. The summed E-state index contributed by atoms with van der Waals surface area (Å²) in [5, 5.41) is 11.9. The molecule has 1 saturated heterocycles. The number of benzene rings is 1. The number of aromatic nitrogens is 3. The van der Waals surface area contributed by atoms with Crippen LogP contribution in [0.2, 0.25) is 0 Å². The van der Waals surface area contributed by atoms with Gasteiger partial charge in [0.2, 0.25) is 5.91 Å². The smallest absolute Gasteiger partial charge is 0.239 e. The van der Waals surface area contributed by atoms with Crippen LogP contribution >= 0.6 is 0 Å². The molecule has 0 bridgehead atoms. The minimum atomic E-state index is -0.0167. The summed E-state index contributed by atoms with van der Waals surface area (Å²) in [4.78, 5) is 21.5. The highest BCUT2D eigenvalue weighted by Gasteiger charge is 2.52. The molecule has 3 aromatic rings. The van der Waals surface area contributed by atoms with E-state index < -0.39 is 0 Å². The summed E-state index contributed by atoms with van der Waals surface area (Å²) in [6.07, 6.45) is 7.87. The summed E-state index contributed by atoms with van der Waals surface area (Å²) in [5.41, 5.74) is 2.64. The van der Waals surface area contributed by atoms with Crippen LogP contribution in [0.5, 0.6) is 0 Å². The number of hydrogen-bond acceptors (Lipinski definition) is 5. The second kappa shape index (κ2) is 6.93. The van der Waals surface area contributed by atoms with Crippen molar-refractivity contribution in [2.24, 2.45) is 5.41 Å². The molecule has 29 heavy (non-hydrogen) atoms. The van der Waals surface area contributed by atoms with Gasteiger partial charge in [-0.1, -0.05) is 12.1 Å². The summed E-state index contributed by atoms with van der Waals surface area (Å²) in [6.45, 7) is 2.79. The zero-order valence-corrected chi connectivity index (χ0v) is 16.9. The van der Waals surface area contributed by atoms with Crippen LogP contribution in [0.15, 0.2) is 42.9 Å². The number of amides is 1. The first-order valence-corrected chi connectivity index (χ1v) is 10.1. The van der Waals surface area contributed by atoms with Gasteiger partial charge in [-0.3, -0.25) is 14.8 Å². The van der Waals surface area contributed by atoms with Gasteiger partial charge >= 0.3 is 0 Å². The standard InChI is InChI=1S/C22H26N6O/c1-27-13-22(14-27)7-19(8-22)28(2)12-21(29)26-20-6-17-5-15(18-10-24-25-11-18)3-4-16(17)9-23-20/h3-6,9-11,19H,7-8,12-14H2,1-2H3,(H,24,25)(H,23,26,29). The largest absolute Gasteiger partial charge is 0.310 e. The first-order chi connectivity index (χ1) is 14.0. The molecule has 7 nitrogen and oxygen atoms in total. The number of anilines is 1. The lowest BCUT2D eigenvalue weighted by atomic mass is 9.60. The van der Waals surface area contributed by atoms with Crippen molar-refractivity contribution in [2.45, 2.75) is 18.9 Å². The van der Waals surface area contributed by atoms with E-state index in [-0.39, 0.29) is 5.91 Å². The van der Waals surface area contributed by atoms with Crippen LogP contribution in [0.3, 0.4) is 0 Å². The second-order valence-electron chi connectivity index (χ2n) is 8.82. The maximum atomic E-state index is 12.5. The van der Waals surface area contributed by atoms with E-state index in [0.717, 1.165) is 21.9 Å². The van der Waals surface area contributed by atoms with Crippen molar-refractivity contribution in [3.63, 3.8) is 0 Å². The molecule has 0 unspecified atom stereocenters. The molecule has 0 atom stereocenters. The van der Waals surface area contributed by atoms with Crippen molar-refractivity contribution in [1.29, 1.82) is 0 Å². The van der Waals surface area contributed by atoms with E-state index >= 15 is 0 Å². The Kier molecular flexibility index (Phi) is 4.37. The number of nitrogens with one attached hydrogen (secondary N) is 2. The summed E-state index contributed by atoms with van der Waals surface area (Å²) in [6, 6.07) is 8.62. The number of H-pyrrole nitrogens is 1. The lowest BCUT2D eigenvalue weighted by Gasteiger charge is -2.60. The molecule has 1 aliphatic carbocycles. The molecule has 2 fully saturated rings. The molecular formula is C22H26N6O. The average molecular weight is 390 g/mol. The maximum absolute atomic E-state index is 12.5. The van der Waals surface area contributed by atoms with Crippen molar-refractivity contribution in [1.82, 2.24) is 25.0 Å². The zero-order chi connectivity index (χ0) is 20.0. The van der Waals surface area contributed by atoms with Crippen molar-refractivity contribution >= 4 is 22.5 Å². The Morgan fingerprint density at radius 3 is 2.79 bits per heavy atom. The molecule has 1 spiro atoms. The van der Waals surface area contributed by atoms with Gasteiger partial charge in [-0.2, -0.15) is 5.10 Å². The SMILES string of the molecule is CN1CC2(CC(N(C)CC(=O)Nc3cc4cc(-c5cn[nH]c5)ccc4cn3)C2)C1.